The van der Waals surface area contributed by atoms with Gasteiger partial charge in [0.25, 0.3) is 5.91 Å². The number of benzene rings is 1. The summed E-state index contributed by atoms with van der Waals surface area (Å²) in [6.07, 6.45) is 2.15. The normalized spacial score (nSPS) is 18.9. The fraction of sp³-hybridized carbons (Fsp3) is 0.462. The van der Waals surface area contributed by atoms with Crippen molar-refractivity contribution >= 4 is 45.8 Å². The lowest BCUT2D eigenvalue weighted by atomic mass is 10.0. The number of rotatable bonds is 2. The van der Waals surface area contributed by atoms with Gasteiger partial charge in [-0.2, -0.15) is 0 Å². The van der Waals surface area contributed by atoms with Gasteiger partial charge >= 0.3 is 0 Å². The summed E-state index contributed by atoms with van der Waals surface area (Å²) in [5.41, 5.74) is 0.572. The number of nitrogens with one attached hydrogen (secondary N) is 1. The van der Waals surface area contributed by atoms with Crippen LogP contribution in [-0.4, -0.2) is 37.0 Å². The zero-order valence-corrected chi connectivity index (χ0v) is 13.8. The molecule has 0 aliphatic carbocycles. The summed E-state index contributed by atoms with van der Waals surface area (Å²) in [5.74, 6) is 0.0150. The monoisotopic (exact) mass is 366 g/mol. The van der Waals surface area contributed by atoms with Crippen LogP contribution in [0, 0.1) is 0 Å². The number of carbonyl (C=O) groups excluding carboxylic acids is 1. The quantitative estimate of drug-likeness (QED) is 0.869. The lowest BCUT2D eigenvalue weighted by molar-refractivity contribution is 0.0698. The van der Waals surface area contributed by atoms with Gasteiger partial charge in [0.2, 0.25) is 0 Å². The van der Waals surface area contributed by atoms with Crippen molar-refractivity contribution in [1.29, 1.82) is 0 Å². The Labute approximate surface area is 133 Å². The van der Waals surface area contributed by atoms with Crippen molar-refractivity contribution in [3.8, 4) is 0 Å². The molecule has 1 aromatic carbocycles. The number of amides is 1. The molecule has 106 valence electrons. The molecule has 0 saturated carbocycles. The second-order valence-corrected chi connectivity index (χ2v) is 5.83. The molecule has 1 aliphatic rings. The van der Waals surface area contributed by atoms with Crippen molar-refractivity contribution in [1.82, 2.24) is 10.2 Å². The van der Waals surface area contributed by atoms with Gasteiger partial charge in [-0.15, -0.1) is 12.4 Å². The highest BCUT2D eigenvalue weighted by Crippen LogP contribution is 2.23. The minimum absolute atomic E-state index is 0. The van der Waals surface area contributed by atoms with Crippen LogP contribution in [0.2, 0.25) is 5.02 Å². The third kappa shape index (κ3) is 4.09. The topological polar surface area (TPSA) is 32.3 Å². The van der Waals surface area contributed by atoms with Gasteiger partial charge in [-0.25, -0.2) is 0 Å². The third-order valence-corrected chi connectivity index (χ3v) is 4.10. The van der Waals surface area contributed by atoms with E-state index in [1.54, 1.807) is 12.1 Å². The van der Waals surface area contributed by atoms with E-state index < -0.39 is 0 Å². The standard InChI is InChI=1S/C13H16BrClN2O.ClH/c1-16-10-3-2-6-17(8-10)13(18)11-7-9(14)4-5-12(11)15;/h4-5,7,10,16H,2-3,6,8H2,1H3;1H. The van der Waals surface area contributed by atoms with E-state index in [-0.39, 0.29) is 18.3 Å². The smallest absolute Gasteiger partial charge is 0.255 e. The molecule has 1 N–H and O–H groups in total. The molecule has 1 aliphatic heterocycles. The van der Waals surface area contributed by atoms with E-state index in [9.17, 15) is 4.79 Å². The van der Waals surface area contributed by atoms with Crippen LogP contribution >= 0.6 is 39.9 Å². The molecule has 1 heterocycles. The van der Waals surface area contributed by atoms with Crippen LogP contribution in [0.5, 0.6) is 0 Å². The summed E-state index contributed by atoms with van der Waals surface area (Å²) < 4.78 is 0.873. The van der Waals surface area contributed by atoms with Gasteiger partial charge in [-0.3, -0.25) is 4.79 Å². The van der Waals surface area contributed by atoms with E-state index >= 15 is 0 Å². The molecular weight excluding hydrogens is 351 g/mol. The maximum absolute atomic E-state index is 12.4. The Morgan fingerprint density at radius 3 is 2.95 bits per heavy atom. The molecule has 1 aromatic rings. The molecule has 0 spiro atoms. The first-order chi connectivity index (χ1) is 8.61. The Morgan fingerprint density at radius 2 is 2.26 bits per heavy atom. The second kappa shape index (κ2) is 7.48. The zero-order valence-electron chi connectivity index (χ0n) is 10.7. The molecule has 1 unspecified atom stereocenters. The van der Waals surface area contributed by atoms with Crippen LogP contribution in [0.15, 0.2) is 22.7 Å². The molecule has 1 saturated heterocycles. The highest BCUT2D eigenvalue weighted by Gasteiger charge is 2.24. The van der Waals surface area contributed by atoms with Gasteiger partial charge in [-0.1, -0.05) is 27.5 Å². The average molecular weight is 368 g/mol. The van der Waals surface area contributed by atoms with Gasteiger partial charge in [-0.05, 0) is 38.1 Å². The first-order valence-corrected chi connectivity index (χ1v) is 7.20. The molecule has 0 radical (unpaired) electrons. The summed E-state index contributed by atoms with van der Waals surface area (Å²) >= 11 is 9.47. The van der Waals surface area contributed by atoms with E-state index in [0.717, 1.165) is 30.4 Å². The van der Waals surface area contributed by atoms with Crippen LogP contribution in [0.3, 0.4) is 0 Å². The maximum Gasteiger partial charge on any atom is 0.255 e. The Kier molecular flexibility index (Phi) is 6.60. The number of halogens is 3. The maximum atomic E-state index is 12.4. The second-order valence-electron chi connectivity index (χ2n) is 4.50. The summed E-state index contributed by atoms with van der Waals surface area (Å²) in [4.78, 5) is 14.3. The van der Waals surface area contributed by atoms with E-state index in [2.05, 4.69) is 21.2 Å². The lowest BCUT2D eigenvalue weighted by Crippen LogP contribution is -2.47. The Hall–Kier alpha value is -0.290. The first kappa shape index (κ1) is 16.8. The molecule has 1 atom stereocenters. The predicted molar refractivity (Wildman–Crippen MR) is 84.4 cm³/mol. The number of nitrogens with zero attached hydrogens (tertiary/aromatic N) is 1. The minimum Gasteiger partial charge on any atom is -0.337 e. The van der Waals surface area contributed by atoms with E-state index in [4.69, 9.17) is 11.6 Å². The van der Waals surface area contributed by atoms with Crippen molar-refractivity contribution in [2.45, 2.75) is 18.9 Å². The van der Waals surface area contributed by atoms with E-state index in [0.29, 0.717) is 16.6 Å². The molecule has 1 amide bonds. The number of carbonyl (C=O) groups is 1. The molecule has 0 aromatic heterocycles. The molecule has 2 rings (SSSR count). The van der Waals surface area contributed by atoms with Gasteiger partial charge in [0.15, 0.2) is 0 Å². The highest BCUT2D eigenvalue weighted by atomic mass is 79.9. The van der Waals surface area contributed by atoms with Crippen LogP contribution in [-0.2, 0) is 0 Å². The van der Waals surface area contributed by atoms with Crippen molar-refractivity contribution in [2.24, 2.45) is 0 Å². The van der Waals surface area contributed by atoms with Gasteiger partial charge in [0.05, 0.1) is 10.6 Å². The van der Waals surface area contributed by atoms with Crippen LogP contribution in [0.25, 0.3) is 0 Å². The Balaban J connectivity index is 0.00000180. The molecular formula is C13H17BrCl2N2O. The van der Waals surface area contributed by atoms with Crippen molar-refractivity contribution < 1.29 is 4.79 Å². The number of piperidine rings is 1. The van der Waals surface area contributed by atoms with Crippen LogP contribution in [0.4, 0.5) is 0 Å². The number of likely N-dealkylation sites (N-methyl/N-ethyl adjacent to an activating group) is 1. The van der Waals surface area contributed by atoms with Gasteiger partial charge in [0.1, 0.15) is 0 Å². The number of hydrogen-bond acceptors (Lipinski definition) is 2. The van der Waals surface area contributed by atoms with Gasteiger partial charge in [0, 0.05) is 23.6 Å². The molecule has 1 fully saturated rings. The minimum atomic E-state index is 0. The average Bonchev–Trinajstić information content (AvgIpc) is 2.41. The molecule has 0 bridgehead atoms. The first-order valence-electron chi connectivity index (χ1n) is 6.03. The number of hydrogen-bond donors (Lipinski definition) is 1. The molecule has 3 nitrogen and oxygen atoms in total. The van der Waals surface area contributed by atoms with Crippen molar-refractivity contribution in [2.75, 3.05) is 20.1 Å². The fourth-order valence-corrected chi connectivity index (χ4v) is 2.79. The predicted octanol–water partition coefficient (Wildman–Crippen LogP) is 3.35. The van der Waals surface area contributed by atoms with Crippen LogP contribution < -0.4 is 5.32 Å². The third-order valence-electron chi connectivity index (χ3n) is 3.28. The Morgan fingerprint density at radius 1 is 1.53 bits per heavy atom. The van der Waals surface area contributed by atoms with E-state index in [1.807, 2.05) is 18.0 Å². The van der Waals surface area contributed by atoms with E-state index in [1.165, 1.54) is 0 Å². The largest absolute Gasteiger partial charge is 0.337 e. The summed E-state index contributed by atoms with van der Waals surface area (Å²) in [5, 5.41) is 3.74. The molecule has 6 heteroatoms. The van der Waals surface area contributed by atoms with Crippen LogP contribution in [0.1, 0.15) is 23.2 Å². The lowest BCUT2D eigenvalue weighted by Gasteiger charge is -2.32. The number of likely N-dealkylation sites (tertiary alicyclic amines) is 1. The summed E-state index contributed by atoms with van der Waals surface area (Å²) in [7, 11) is 1.94. The highest BCUT2D eigenvalue weighted by molar-refractivity contribution is 9.10. The van der Waals surface area contributed by atoms with Gasteiger partial charge < -0.3 is 10.2 Å². The Bertz CT molecular complexity index is 456. The van der Waals surface area contributed by atoms with Crippen molar-refractivity contribution in [3.63, 3.8) is 0 Å². The SMILES string of the molecule is CNC1CCCN(C(=O)c2cc(Br)ccc2Cl)C1.Cl. The summed E-state index contributed by atoms with van der Waals surface area (Å²) in [6.45, 7) is 1.55. The molecule has 19 heavy (non-hydrogen) atoms. The fourth-order valence-electron chi connectivity index (χ4n) is 2.23. The summed E-state index contributed by atoms with van der Waals surface area (Å²) in [6, 6.07) is 5.76. The van der Waals surface area contributed by atoms with Crippen molar-refractivity contribution in [3.05, 3.63) is 33.3 Å². The zero-order chi connectivity index (χ0) is 13.1.